The average Bonchev–Trinajstić information content (AvgIpc) is 2.85. The van der Waals surface area contributed by atoms with Gasteiger partial charge >= 0.3 is 12.2 Å². The molecule has 2 unspecified atom stereocenters. The van der Waals surface area contributed by atoms with Gasteiger partial charge in [-0.2, -0.15) is 13.2 Å². The molecule has 6 nitrogen and oxygen atoms in total. The number of aliphatic hydroxyl groups excluding tert-OH is 1. The molecule has 2 atom stereocenters. The number of urea groups is 1. The van der Waals surface area contributed by atoms with Gasteiger partial charge in [-0.05, 0) is 42.3 Å². The van der Waals surface area contributed by atoms with E-state index in [1.54, 1.807) is 4.90 Å². The minimum atomic E-state index is -4.48. The molecule has 0 saturated carbocycles. The number of aliphatic hydroxyl groups is 1. The van der Waals surface area contributed by atoms with Crippen molar-refractivity contribution in [1.82, 2.24) is 9.80 Å². The lowest BCUT2D eigenvalue weighted by molar-refractivity contribution is -0.137. The summed E-state index contributed by atoms with van der Waals surface area (Å²) in [6.07, 6.45) is -4.70. The number of halogens is 5. The van der Waals surface area contributed by atoms with Crippen molar-refractivity contribution >= 4 is 17.6 Å². The van der Waals surface area contributed by atoms with Crippen LogP contribution in [0.1, 0.15) is 29.0 Å². The van der Waals surface area contributed by atoms with Crippen LogP contribution < -0.4 is 0 Å². The number of β-amino-alcohol motifs (C(OH)–C–C–N with tert-alkyl or cyclic N) is 1. The van der Waals surface area contributed by atoms with Crippen LogP contribution in [-0.2, 0) is 10.9 Å². The number of alkyl halides is 3. The number of methoxy groups -OCH3 is 1. The zero-order chi connectivity index (χ0) is 26.9. The summed E-state index contributed by atoms with van der Waals surface area (Å²) >= 11 is 0. The van der Waals surface area contributed by atoms with E-state index in [1.807, 2.05) is 0 Å². The predicted molar refractivity (Wildman–Crippen MR) is 127 cm³/mol. The molecule has 11 heteroatoms. The third-order valence-corrected chi connectivity index (χ3v) is 6.61. The minimum absolute atomic E-state index is 0.0748. The molecule has 2 aromatic rings. The van der Waals surface area contributed by atoms with Crippen molar-refractivity contribution in [1.29, 1.82) is 0 Å². The Balaban J connectivity index is 1.63. The molecule has 0 aliphatic carbocycles. The molecule has 2 aromatic carbocycles. The van der Waals surface area contributed by atoms with Gasteiger partial charge in [-0.25, -0.2) is 18.6 Å². The van der Waals surface area contributed by atoms with E-state index in [-0.39, 0.29) is 55.3 Å². The molecule has 2 saturated heterocycles. The van der Waals surface area contributed by atoms with Crippen LogP contribution in [0.2, 0.25) is 0 Å². The molecule has 0 aromatic heterocycles. The van der Waals surface area contributed by atoms with Crippen molar-refractivity contribution < 1.29 is 36.6 Å². The second-order valence-electron chi connectivity index (χ2n) is 9.22. The third kappa shape index (κ3) is 5.93. The van der Waals surface area contributed by atoms with Gasteiger partial charge in [-0.15, -0.1) is 0 Å². The summed E-state index contributed by atoms with van der Waals surface area (Å²) in [5, 5.41) is 9.60. The van der Waals surface area contributed by atoms with Crippen LogP contribution in [0, 0.1) is 17.6 Å². The number of benzene rings is 2. The number of nitrogens with zero attached hydrogens (tertiary/aromatic N) is 3. The normalized spacial score (nSPS) is 21.0. The number of hydrogen-bond acceptors (Lipinski definition) is 4. The third-order valence-electron chi connectivity index (χ3n) is 6.61. The van der Waals surface area contributed by atoms with Crippen LogP contribution >= 0.6 is 0 Å². The highest BCUT2D eigenvalue weighted by Gasteiger charge is 2.39. The van der Waals surface area contributed by atoms with Crippen molar-refractivity contribution in [2.45, 2.75) is 24.6 Å². The molecule has 0 spiro atoms. The number of ether oxygens (including phenoxy) is 1. The maximum atomic E-state index is 14.3. The zero-order valence-corrected chi connectivity index (χ0v) is 20.0. The second-order valence-corrected chi connectivity index (χ2v) is 9.22. The summed E-state index contributed by atoms with van der Waals surface area (Å²) in [4.78, 5) is 20.4. The van der Waals surface area contributed by atoms with Gasteiger partial charge < -0.3 is 19.6 Å². The molecule has 2 heterocycles. The Morgan fingerprint density at radius 3 is 2.30 bits per heavy atom. The number of carbonyl (C=O) groups excluding carboxylic acids is 1. The van der Waals surface area contributed by atoms with Crippen LogP contribution in [-0.4, -0.2) is 66.2 Å². The van der Waals surface area contributed by atoms with Gasteiger partial charge in [-0.1, -0.05) is 18.7 Å². The first-order valence-corrected chi connectivity index (χ1v) is 11.6. The topological polar surface area (TPSA) is 65.4 Å². The Bertz CT molecular complexity index is 1190. The molecule has 37 heavy (non-hydrogen) atoms. The van der Waals surface area contributed by atoms with Crippen molar-refractivity contribution in [3.8, 4) is 0 Å². The molecular weight excluding hydrogens is 497 g/mol. The maximum Gasteiger partial charge on any atom is 0.416 e. The summed E-state index contributed by atoms with van der Waals surface area (Å²) in [6, 6.07) is 7.34. The first-order chi connectivity index (χ1) is 17.5. The quantitative estimate of drug-likeness (QED) is 0.352. The lowest BCUT2D eigenvalue weighted by atomic mass is 9.84. The minimum Gasteiger partial charge on any atom is -0.484 e. The summed E-state index contributed by atoms with van der Waals surface area (Å²) in [6.45, 7) is 4.52. The number of hydrogen-bond donors (Lipinski definition) is 1. The fourth-order valence-electron chi connectivity index (χ4n) is 4.65. The molecule has 0 radical (unpaired) electrons. The van der Waals surface area contributed by atoms with Crippen molar-refractivity contribution in [2.24, 2.45) is 10.9 Å². The number of piperidine rings is 1. The summed E-state index contributed by atoms with van der Waals surface area (Å²) < 4.78 is 72.6. The lowest BCUT2D eigenvalue weighted by Gasteiger charge is -2.44. The van der Waals surface area contributed by atoms with E-state index in [0.29, 0.717) is 12.0 Å². The Hall–Kier alpha value is -3.47. The van der Waals surface area contributed by atoms with Gasteiger partial charge in [0.15, 0.2) is 5.90 Å². The number of carbonyl (C=O) groups is 1. The standard InChI is InChI=1S/C26H26F5N3O3/c1-15(22-10-20(27)7-8-23(22)28)32-24(37-2)18-9-17(16-3-5-19(6-4-16)26(29,30)31)11-33(12-18)25(36)34-13-21(35)14-34/h3-8,10,17-18,21,35H,1,9,11-14H2,2H3. The number of amides is 2. The van der Waals surface area contributed by atoms with E-state index in [1.165, 1.54) is 24.1 Å². The molecule has 4 rings (SSSR count). The predicted octanol–water partition coefficient (Wildman–Crippen LogP) is 4.90. The van der Waals surface area contributed by atoms with E-state index < -0.39 is 35.4 Å². The van der Waals surface area contributed by atoms with Gasteiger partial charge in [0, 0.05) is 24.6 Å². The Morgan fingerprint density at radius 2 is 1.70 bits per heavy atom. The second kappa shape index (κ2) is 10.5. The molecule has 2 aliphatic rings. The van der Waals surface area contributed by atoms with Gasteiger partial charge in [0.25, 0.3) is 0 Å². The van der Waals surface area contributed by atoms with Crippen LogP contribution in [0.5, 0.6) is 0 Å². The zero-order valence-electron chi connectivity index (χ0n) is 20.0. The monoisotopic (exact) mass is 523 g/mol. The van der Waals surface area contributed by atoms with Crippen LogP contribution in [0.3, 0.4) is 0 Å². The Morgan fingerprint density at radius 1 is 1.05 bits per heavy atom. The van der Waals surface area contributed by atoms with E-state index in [0.717, 1.165) is 30.3 Å². The van der Waals surface area contributed by atoms with Crippen molar-refractivity contribution in [2.75, 3.05) is 33.3 Å². The van der Waals surface area contributed by atoms with E-state index in [9.17, 15) is 31.9 Å². The highest BCUT2D eigenvalue weighted by Crippen LogP contribution is 2.35. The van der Waals surface area contributed by atoms with Gasteiger partial charge in [0.05, 0.1) is 43.5 Å². The average molecular weight is 524 g/mol. The number of rotatable bonds is 4. The molecule has 198 valence electrons. The maximum absolute atomic E-state index is 14.3. The van der Waals surface area contributed by atoms with E-state index >= 15 is 0 Å². The summed E-state index contributed by atoms with van der Waals surface area (Å²) in [5.41, 5.74) is -0.398. The molecular formula is C26H26F5N3O3. The molecule has 2 fully saturated rings. The highest BCUT2D eigenvalue weighted by molar-refractivity contribution is 5.86. The highest BCUT2D eigenvalue weighted by atomic mass is 19.4. The lowest BCUT2D eigenvalue weighted by Crippen LogP contribution is -2.59. The summed E-state index contributed by atoms with van der Waals surface area (Å²) in [5.74, 6) is -2.11. The Labute approximate surface area is 210 Å². The van der Waals surface area contributed by atoms with Crippen LogP contribution in [0.15, 0.2) is 54.0 Å². The Kier molecular flexibility index (Phi) is 7.54. The first kappa shape index (κ1) is 26.6. The van der Waals surface area contributed by atoms with Gasteiger partial charge in [0.2, 0.25) is 0 Å². The van der Waals surface area contributed by atoms with Crippen LogP contribution in [0.4, 0.5) is 26.7 Å². The molecule has 1 N–H and O–H groups in total. The fraction of sp³-hybridized carbons (Fsp3) is 0.385. The van der Waals surface area contributed by atoms with E-state index in [2.05, 4.69) is 11.6 Å². The van der Waals surface area contributed by atoms with Gasteiger partial charge in [-0.3, -0.25) is 0 Å². The van der Waals surface area contributed by atoms with E-state index in [4.69, 9.17) is 4.74 Å². The SMILES string of the molecule is C=C(N=C(OC)C1CC(c2ccc(C(F)(F)F)cc2)CN(C(=O)N2CC(O)C2)C1)c1cc(F)ccc1F. The first-order valence-electron chi connectivity index (χ1n) is 11.6. The summed E-state index contributed by atoms with van der Waals surface area (Å²) in [7, 11) is 1.35. The molecule has 2 amide bonds. The number of likely N-dealkylation sites (tertiary alicyclic amines) is 2. The van der Waals surface area contributed by atoms with Gasteiger partial charge in [0.1, 0.15) is 11.6 Å². The fourth-order valence-corrected chi connectivity index (χ4v) is 4.65. The molecule has 2 aliphatic heterocycles. The molecule has 0 bridgehead atoms. The smallest absolute Gasteiger partial charge is 0.416 e. The van der Waals surface area contributed by atoms with Crippen molar-refractivity contribution in [3.63, 3.8) is 0 Å². The van der Waals surface area contributed by atoms with Crippen molar-refractivity contribution in [3.05, 3.63) is 77.4 Å². The van der Waals surface area contributed by atoms with Crippen LogP contribution in [0.25, 0.3) is 5.70 Å². The number of aliphatic imine (C=N–C) groups is 1. The largest absolute Gasteiger partial charge is 0.484 e.